The number of amides is 1. The fourth-order valence-corrected chi connectivity index (χ4v) is 3.49. The molecule has 6 heteroatoms. The molecule has 0 aliphatic carbocycles. The molecule has 1 amide bonds. The highest BCUT2D eigenvalue weighted by Crippen LogP contribution is 2.29. The molecule has 0 aliphatic rings. The number of carbonyl (C=O) groups excluding carboxylic acids is 1. The first-order chi connectivity index (χ1) is 14.1. The van der Waals surface area contributed by atoms with Crippen molar-refractivity contribution in [2.75, 3.05) is 11.1 Å². The number of ether oxygens (including phenoxy) is 1. The highest BCUT2D eigenvalue weighted by molar-refractivity contribution is 7.98. The van der Waals surface area contributed by atoms with Gasteiger partial charge >= 0.3 is 5.97 Å². The van der Waals surface area contributed by atoms with Gasteiger partial charge in [0.25, 0.3) is 0 Å². The number of benzene rings is 3. The molecule has 0 saturated carbocycles. The summed E-state index contributed by atoms with van der Waals surface area (Å²) in [7, 11) is 0. The Balaban J connectivity index is 1.47. The van der Waals surface area contributed by atoms with Crippen LogP contribution in [0.5, 0.6) is 11.5 Å². The van der Waals surface area contributed by atoms with Crippen LogP contribution in [0.2, 0.25) is 0 Å². The summed E-state index contributed by atoms with van der Waals surface area (Å²) in [5, 5.41) is 11.8. The lowest BCUT2D eigenvalue weighted by atomic mass is 10.1. The first-order valence-electron chi connectivity index (χ1n) is 9.13. The predicted octanol–water partition coefficient (Wildman–Crippen LogP) is 5.44. The van der Waals surface area contributed by atoms with Gasteiger partial charge in [-0.25, -0.2) is 4.79 Å². The second-order valence-electron chi connectivity index (χ2n) is 6.26. The molecule has 0 spiro atoms. The SMILES string of the molecule is O=C(CCSCc1ccc(C(=O)O)cc1)Nc1ccccc1Oc1ccccc1. The number of para-hydroxylation sites is 3. The number of rotatable bonds is 9. The van der Waals surface area contributed by atoms with Crippen molar-refractivity contribution in [3.8, 4) is 11.5 Å². The molecule has 3 aromatic carbocycles. The van der Waals surface area contributed by atoms with E-state index in [4.69, 9.17) is 9.84 Å². The lowest BCUT2D eigenvalue weighted by Crippen LogP contribution is -2.12. The predicted molar refractivity (Wildman–Crippen MR) is 116 cm³/mol. The minimum atomic E-state index is -0.933. The zero-order valence-corrected chi connectivity index (χ0v) is 16.5. The van der Waals surface area contributed by atoms with E-state index in [0.717, 1.165) is 11.3 Å². The minimum absolute atomic E-state index is 0.0807. The summed E-state index contributed by atoms with van der Waals surface area (Å²) < 4.78 is 5.86. The van der Waals surface area contributed by atoms with E-state index >= 15 is 0 Å². The molecule has 0 heterocycles. The standard InChI is InChI=1S/C23H21NO4S/c25-22(14-15-29-16-17-10-12-18(13-11-17)23(26)27)24-20-8-4-5-9-21(20)28-19-6-2-1-3-7-19/h1-13H,14-16H2,(H,24,25)(H,26,27). The number of carbonyl (C=O) groups is 2. The van der Waals surface area contributed by atoms with Crippen molar-refractivity contribution >= 4 is 29.3 Å². The summed E-state index contributed by atoms with van der Waals surface area (Å²) in [6, 6.07) is 23.5. The quantitative estimate of drug-likeness (QED) is 0.462. The van der Waals surface area contributed by atoms with Crippen LogP contribution >= 0.6 is 11.8 Å². The monoisotopic (exact) mass is 407 g/mol. The Labute approximate surface area is 173 Å². The van der Waals surface area contributed by atoms with Crippen molar-refractivity contribution in [3.05, 3.63) is 90.0 Å². The van der Waals surface area contributed by atoms with Crippen LogP contribution in [0.15, 0.2) is 78.9 Å². The molecule has 0 aromatic heterocycles. The molecule has 148 valence electrons. The van der Waals surface area contributed by atoms with E-state index in [1.165, 1.54) is 0 Å². The number of nitrogens with one attached hydrogen (secondary N) is 1. The molecule has 3 rings (SSSR count). The van der Waals surface area contributed by atoms with Gasteiger partial charge in [-0.05, 0) is 42.0 Å². The van der Waals surface area contributed by atoms with E-state index in [0.29, 0.717) is 29.4 Å². The first-order valence-corrected chi connectivity index (χ1v) is 10.3. The summed E-state index contributed by atoms with van der Waals surface area (Å²) in [5.41, 5.74) is 1.94. The van der Waals surface area contributed by atoms with Gasteiger partial charge in [0.05, 0.1) is 11.3 Å². The molecular formula is C23H21NO4S. The van der Waals surface area contributed by atoms with Crippen LogP contribution in [0.3, 0.4) is 0 Å². The van der Waals surface area contributed by atoms with Crippen molar-refractivity contribution in [1.29, 1.82) is 0 Å². The Morgan fingerprint density at radius 1 is 0.897 bits per heavy atom. The molecular weight excluding hydrogens is 386 g/mol. The second-order valence-corrected chi connectivity index (χ2v) is 7.37. The average Bonchev–Trinajstić information content (AvgIpc) is 2.74. The minimum Gasteiger partial charge on any atom is -0.478 e. The van der Waals surface area contributed by atoms with E-state index in [-0.39, 0.29) is 11.5 Å². The fourth-order valence-electron chi connectivity index (χ4n) is 2.59. The van der Waals surface area contributed by atoms with Crippen molar-refractivity contribution in [1.82, 2.24) is 0 Å². The molecule has 5 nitrogen and oxygen atoms in total. The number of thioether (sulfide) groups is 1. The summed E-state index contributed by atoms with van der Waals surface area (Å²) in [4.78, 5) is 23.2. The third-order valence-electron chi connectivity index (χ3n) is 4.08. The maximum atomic E-state index is 12.3. The van der Waals surface area contributed by atoms with E-state index in [9.17, 15) is 9.59 Å². The maximum Gasteiger partial charge on any atom is 0.335 e. The fraction of sp³-hybridized carbons (Fsp3) is 0.130. The van der Waals surface area contributed by atoms with Gasteiger partial charge in [0.15, 0.2) is 5.75 Å². The van der Waals surface area contributed by atoms with Crippen LogP contribution in [0.4, 0.5) is 5.69 Å². The van der Waals surface area contributed by atoms with Crippen molar-refractivity contribution in [2.24, 2.45) is 0 Å². The molecule has 29 heavy (non-hydrogen) atoms. The highest BCUT2D eigenvalue weighted by Gasteiger charge is 2.09. The van der Waals surface area contributed by atoms with Crippen LogP contribution in [-0.2, 0) is 10.5 Å². The highest BCUT2D eigenvalue weighted by atomic mass is 32.2. The molecule has 0 unspecified atom stereocenters. The second kappa shape index (κ2) is 10.3. The summed E-state index contributed by atoms with van der Waals surface area (Å²) in [6.45, 7) is 0. The van der Waals surface area contributed by atoms with Gasteiger partial charge in [-0.3, -0.25) is 4.79 Å². The molecule has 0 aliphatic heterocycles. The Hall–Kier alpha value is -3.25. The van der Waals surface area contributed by atoms with Gasteiger partial charge in [-0.2, -0.15) is 11.8 Å². The normalized spacial score (nSPS) is 10.3. The Bertz CT molecular complexity index is 958. The maximum absolute atomic E-state index is 12.3. The van der Waals surface area contributed by atoms with Crippen molar-refractivity contribution < 1.29 is 19.4 Å². The van der Waals surface area contributed by atoms with Gasteiger partial charge < -0.3 is 15.2 Å². The van der Waals surface area contributed by atoms with E-state index < -0.39 is 5.97 Å². The van der Waals surface area contributed by atoms with E-state index in [2.05, 4.69) is 5.32 Å². The topological polar surface area (TPSA) is 75.6 Å². The lowest BCUT2D eigenvalue weighted by molar-refractivity contribution is -0.115. The summed E-state index contributed by atoms with van der Waals surface area (Å²) >= 11 is 1.63. The smallest absolute Gasteiger partial charge is 0.335 e. The van der Waals surface area contributed by atoms with Crippen molar-refractivity contribution in [2.45, 2.75) is 12.2 Å². The molecule has 0 atom stereocenters. The van der Waals surface area contributed by atoms with Crippen LogP contribution in [0.1, 0.15) is 22.3 Å². The number of hydrogen-bond donors (Lipinski definition) is 2. The first kappa shape index (κ1) is 20.5. The van der Waals surface area contributed by atoms with Crippen molar-refractivity contribution in [3.63, 3.8) is 0 Å². The van der Waals surface area contributed by atoms with Gasteiger partial charge in [0.2, 0.25) is 5.91 Å². The lowest BCUT2D eigenvalue weighted by Gasteiger charge is -2.12. The number of carboxylic acid groups (broad SMARTS) is 1. The molecule has 3 aromatic rings. The zero-order chi connectivity index (χ0) is 20.5. The van der Waals surface area contributed by atoms with Crippen LogP contribution in [-0.4, -0.2) is 22.7 Å². The molecule has 0 bridgehead atoms. The van der Waals surface area contributed by atoms with E-state index in [1.54, 1.807) is 36.0 Å². The van der Waals surface area contributed by atoms with Crippen LogP contribution in [0.25, 0.3) is 0 Å². The molecule has 0 fully saturated rings. The van der Waals surface area contributed by atoms with Gasteiger partial charge in [0, 0.05) is 17.9 Å². The number of anilines is 1. The van der Waals surface area contributed by atoms with Crippen LogP contribution < -0.4 is 10.1 Å². The van der Waals surface area contributed by atoms with Crippen LogP contribution in [0, 0.1) is 0 Å². The Kier molecular flexibility index (Phi) is 7.30. The number of hydrogen-bond acceptors (Lipinski definition) is 4. The zero-order valence-electron chi connectivity index (χ0n) is 15.7. The number of aromatic carboxylic acids is 1. The Morgan fingerprint density at radius 2 is 1.59 bits per heavy atom. The molecule has 2 N–H and O–H groups in total. The third-order valence-corrected chi connectivity index (χ3v) is 5.11. The van der Waals surface area contributed by atoms with Gasteiger partial charge in [0.1, 0.15) is 5.75 Å². The summed E-state index contributed by atoms with van der Waals surface area (Å²) in [5.74, 6) is 1.67. The molecule has 0 radical (unpaired) electrons. The largest absolute Gasteiger partial charge is 0.478 e. The van der Waals surface area contributed by atoms with E-state index in [1.807, 2.05) is 54.6 Å². The van der Waals surface area contributed by atoms with Gasteiger partial charge in [-0.1, -0.05) is 42.5 Å². The summed E-state index contributed by atoms with van der Waals surface area (Å²) in [6.07, 6.45) is 0.373. The Morgan fingerprint density at radius 3 is 2.31 bits per heavy atom. The molecule has 0 saturated heterocycles. The third kappa shape index (κ3) is 6.40. The number of carboxylic acids is 1. The average molecular weight is 407 g/mol. The van der Waals surface area contributed by atoms with Gasteiger partial charge in [-0.15, -0.1) is 0 Å².